The first-order valence-electron chi connectivity index (χ1n) is 6.69. The predicted molar refractivity (Wildman–Crippen MR) is 83.1 cm³/mol. The van der Waals surface area contributed by atoms with Crippen molar-refractivity contribution in [3.8, 4) is 0 Å². The molecule has 1 N–H and O–H groups in total. The Morgan fingerprint density at radius 3 is 2.77 bits per heavy atom. The Balaban J connectivity index is 2.36. The maximum atomic E-state index is 11.8. The number of carbonyl (C=O) groups is 1. The molecule has 22 heavy (non-hydrogen) atoms. The molecule has 8 nitrogen and oxygen atoms in total. The highest BCUT2D eigenvalue weighted by Crippen LogP contribution is 2.41. The second kappa shape index (κ2) is 6.21. The summed E-state index contributed by atoms with van der Waals surface area (Å²) in [5.41, 5.74) is -0.219. The topological polar surface area (TPSA) is 110 Å². The van der Waals surface area contributed by atoms with E-state index < -0.39 is 14.8 Å². The Morgan fingerprint density at radius 2 is 2.23 bits per heavy atom. The second-order valence-corrected chi connectivity index (χ2v) is 8.46. The van der Waals surface area contributed by atoms with E-state index in [-0.39, 0.29) is 21.7 Å². The van der Waals surface area contributed by atoms with E-state index in [9.17, 15) is 23.3 Å². The average Bonchev–Trinajstić information content (AvgIpc) is 2.92. The first kappa shape index (κ1) is 16.7. The lowest BCUT2D eigenvalue weighted by molar-refractivity contribution is -0.383. The monoisotopic (exact) mass is 347 g/mol. The van der Waals surface area contributed by atoms with Gasteiger partial charge in [-0.25, -0.2) is 8.42 Å². The molecule has 1 saturated heterocycles. The summed E-state index contributed by atoms with van der Waals surface area (Å²) in [6, 6.07) is 1.10. The number of carbonyl (C=O) groups excluding carboxylic acids is 1. The van der Waals surface area contributed by atoms with Crippen LogP contribution in [0.5, 0.6) is 0 Å². The lowest BCUT2D eigenvalue weighted by Gasteiger charge is -2.31. The third-order valence-corrected chi connectivity index (χ3v) is 6.55. The molecule has 1 amide bonds. The molecule has 2 heterocycles. The van der Waals surface area contributed by atoms with Gasteiger partial charge in [-0.15, -0.1) is 0 Å². The van der Waals surface area contributed by atoms with Gasteiger partial charge in [-0.05, 0) is 12.8 Å². The van der Waals surface area contributed by atoms with Crippen LogP contribution in [0.1, 0.15) is 12.8 Å². The molecule has 122 valence electrons. The molecular weight excluding hydrogens is 330 g/mol. The number of sulfone groups is 1. The van der Waals surface area contributed by atoms with Crippen molar-refractivity contribution >= 4 is 37.8 Å². The highest BCUT2D eigenvalue weighted by molar-refractivity contribution is 7.92. The minimum Gasteiger partial charge on any atom is -0.359 e. The number of thiophene rings is 1. The number of hydrogen-bond donors (Lipinski definition) is 1. The minimum atomic E-state index is -3.50. The van der Waals surface area contributed by atoms with E-state index in [0.717, 1.165) is 30.1 Å². The Morgan fingerprint density at radius 1 is 1.55 bits per heavy atom. The smallest absolute Gasteiger partial charge is 0.305 e. The first-order chi connectivity index (χ1) is 10.2. The lowest BCUT2D eigenvalue weighted by atomic mass is 9.97. The van der Waals surface area contributed by atoms with Crippen molar-refractivity contribution in [1.82, 2.24) is 5.32 Å². The van der Waals surface area contributed by atoms with Crippen LogP contribution in [-0.4, -0.2) is 45.6 Å². The van der Waals surface area contributed by atoms with Gasteiger partial charge in [-0.2, -0.15) is 0 Å². The molecule has 1 atom stereocenters. The van der Waals surface area contributed by atoms with Crippen molar-refractivity contribution in [2.24, 2.45) is 5.92 Å². The summed E-state index contributed by atoms with van der Waals surface area (Å²) >= 11 is 0.887. The molecule has 0 aliphatic carbocycles. The van der Waals surface area contributed by atoms with Crippen LogP contribution in [0.25, 0.3) is 0 Å². The molecule has 1 fully saturated rings. The maximum absolute atomic E-state index is 11.8. The normalized spacial score (nSPS) is 19.0. The van der Waals surface area contributed by atoms with Gasteiger partial charge in [-0.1, -0.05) is 11.3 Å². The standard InChI is InChI=1S/C12H17N3O5S2/c1-13-11(16)8-4-3-5-14(7-8)12-9(15(17)18)6-10(21-12)22(2,19)20/h6,8H,3-5,7H2,1-2H3,(H,13,16). The van der Waals surface area contributed by atoms with E-state index in [1.165, 1.54) is 0 Å². The van der Waals surface area contributed by atoms with Crippen molar-refractivity contribution in [1.29, 1.82) is 0 Å². The SMILES string of the molecule is CNC(=O)C1CCCN(c2sc(S(C)(=O)=O)cc2[N+](=O)[O-])C1. The number of hydrogen-bond acceptors (Lipinski definition) is 7. The number of nitrogens with zero attached hydrogens (tertiary/aromatic N) is 2. The van der Waals surface area contributed by atoms with Crippen LogP contribution in [0.15, 0.2) is 10.3 Å². The van der Waals surface area contributed by atoms with Crippen LogP contribution in [-0.2, 0) is 14.6 Å². The van der Waals surface area contributed by atoms with E-state index in [0.29, 0.717) is 24.5 Å². The average molecular weight is 347 g/mol. The molecule has 1 aromatic heterocycles. The Kier molecular flexibility index (Phi) is 4.71. The van der Waals surface area contributed by atoms with Gasteiger partial charge >= 0.3 is 5.69 Å². The number of nitrogens with one attached hydrogen (secondary N) is 1. The van der Waals surface area contributed by atoms with Crippen molar-refractivity contribution in [2.75, 3.05) is 31.3 Å². The van der Waals surface area contributed by atoms with Crippen LogP contribution < -0.4 is 10.2 Å². The Hall–Kier alpha value is -1.68. The van der Waals surface area contributed by atoms with Crippen molar-refractivity contribution in [3.63, 3.8) is 0 Å². The molecule has 1 unspecified atom stereocenters. The van der Waals surface area contributed by atoms with Gasteiger partial charge < -0.3 is 10.2 Å². The summed E-state index contributed by atoms with van der Waals surface area (Å²) < 4.78 is 23.2. The van der Waals surface area contributed by atoms with Crippen LogP contribution in [0.3, 0.4) is 0 Å². The molecule has 1 aliphatic rings. The Labute approximate surface area is 132 Å². The second-order valence-electron chi connectivity index (χ2n) is 5.18. The summed E-state index contributed by atoms with van der Waals surface area (Å²) in [5, 5.41) is 14.1. The van der Waals surface area contributed by atoms with E-state index >= 15 is 0 Å². The quantitative estimate of drug-likeness (QED) is 0.643. The first-order valence-corrected chi connectivity index (χ1v) is 9.39. The van der Waals surface area contributed by atoms with Crippen LogP contribution in [0.4, 0.5) is 10.7 Å². The zero-order chi connectivity index (χ0) is 16.5. The Bertz CT molecular complexity index is 698. The molecule has 1 aliphatic heterocycles. The van der Waals surface area contributed by atoms with Crippen molar-refractivity contribution in [2.45, 2.75) is 17.1 Å². The molecular formula is C12H17N3O5S2. The van der Waals surface area contributed by atoms with E-state index in [4.69, 9.17) is 0 Å². The molecule has 1 aromatic rings. The largest absolute Gasteiger partial charge is 0.359 e. The number of amides is 1. The van der Waals surface area contributed by atoms with Gasteiger partial charge in [0.05, 0.1) is 10.8 Å². The van der Waals surface area contributed by atoms with Gasteiger partial charge in [-0.3, -0.25) is 14.9 Å². The third-order valence-electron chi connectivity index (χ3n) is 3.56. The fraction of sp³-hybridized carbons (Fsp3) is 0.583. The van der Waals surface area contributed by atoms with E-state index in [1.54, 1.807) is 11.9 Å². The van der Waals surface area contributed by atoms with E-state index in [2.05, 4.69) is 5.32 Å². The van der Waals surface area contributed by atoms with Crippen molar-refractivity contribution < 1.29 is 18.1 Å². The highest BCUT2D eigenvalue weighted by Gasteiger charge is 2.32. The third kappa shape index (κ3) is 3.38. The molecule has 0 saturated carbocycles. The molecule has 0 spiro atoms. The summed E-state index contributed by atoms with van der Waals surface area (Å²) in [6.07, 6.45) is 2.46. The molecule has 0 aromatic carbocycles. The fourth-order valence-electron chi connectivity index (χ4n) is 2.47. The number of nitro groups is 1. The predicted octanol–water partition coefficient (Wildman–Crippen LogP) is 1.02. The minimum absolute atomic E-state index is 0.0312. The van der Waals surface area contributed by atoms with Gasteiger partial charge in [0.1, 0.15) is 4.21 Å². The summed E-state index contributed by atoms with van der Waals surface area (Å²) in [4.78, 5) is 24.1. The zero-order valence-electron chi connectivity index (χ0n) is 12.2. The van der Waals surface area contributed by atoms with Gasteiger partial charge in [0.2, 0.25) is 5.91 Å². The molecule has 0 radical (unpaired) electrons. The summed E-state index contributed by atoms with van der Waals surface area (Å²) in [6.45, 7) is 0.919. The van der Waals surface area contributed by atoms with Crippen molar-refractivity contribution in [3.05, 3.63) is 16.2 Å². The van der Waals surface area contributed by atoms with Gasteiger partial charge in [0.15, 0.2) is 14.8 Å². The highest BCUT2D eigenvalue weighted by atomic mass is 32.2. The number of piperidine rings is 1. The van der Waals surface area contributed by atoms with E-state index in [1.807, 2.05) is 0 Å². The van der Waals surface area contributed by atoms with Crippen LogP contribution in [0.2, 0.25) is 0 Å². The summed E-state index contributed by atoms with van der Waals surface area (Å²) in [7, 11) is -1.95. The maximum Gasteiger partial charge on any atom is 0.305 e. The lowest BCUT2D eigenvalue weighted by Crippen LogP contribution is -2.42. The van der Waals surface area contributed by atoms with Gasteiger partial charge in [0, 0.05) is 32.5 Å². The van der Waals surface area contributed by atoms with Gasteiger partial charge in [0.25, 0.3) is 0 Å². The molecule has 2 rings (SSSR count). The summed E-state index contributed by atoms with van der Waals surface area (Å²) in [5.74, 6) is -0.352. The van der Waals surface area contributed by atoms with Crippen LogP contribution in [0, 0.1) is 16.0 Å². The number of anilines is 1. The fourth-order valence-corrected chi connectivity index (χ4v) is 4.53. The number of rotatable bonds is 4. The zero-order valence-corrected chi connectivity index (χ0v) is 13.9. The molecule has 10 heteroatoms. The molecule has 0 bridgehead atoms. The van der Waals surface area contributed by atoms with Crippen LogP contribution >= 0.6 is 11.3 Å².